The summed E-state index contributed by atoms with van der Waals surface area (Å²) in [5.74, 6) is 0. The molecule has 0 saturated carbocycles. The van der Waals surface area contributed by atoms with Crippen LogP contribution < -0.4 is 0 Å². The van der Waals surface area contributed by atoms with E-state index in [4.69, 9.17) is 0 Å². The van der Waals surface area contributed by atoms with Crippen LogP contribution in [-0.4, -0.2) is 46.0 Å². The van der Waals surface area contributed by atoms with Crippen LogP contribution in [0.15, 0.2) is 0 Å². The van der Waals surface area contributed by atoms with E-state index in [1.54, 1.807) is 0 Å². The first kappa shape index (κ1) is 11.5. The first-order chi connectivity index (χ1) is 6.95. The van der Waals surface area contributed by atoms with Gasteiger partial charge in [-0.3, -0.25) is 4.90 Å². The van der Waals surface area contributed by atoms with Crippen molar-refractivity contribution < 1.29 is 18.3 Å². The van der Waals surface area contributed by atoms with Crippen molar-refractivity contribution in [3.63, 3.8) is 0 Å². The summed E-state index contributed by atoms with van der Waals surface area (Å²) in [7, 11) is 0. The maximum Gasteiger partial charge on any atom is 0.442 e. The molecule has 2 atom stereocenters. The summed E-state index contributed by atoms with van der Waals surface area (Å²) < 4.78 is 36.6. The molecule has 2 saturated heterocycles. The molecule has 0 aliphatic carbocycles. The summed E-state index contributed by atoms with van der Waals surface area (Å²) in [6.45, 7) is 1.28. The molecule has 0 bridgehead atoms. The van der Waals surface area contributed by atoms with Crippen LogP contribution in [-0.2, 0) is 0 Å². The lowest BCUT2D eigenvalue weighted by atomic mass is 9.95. The van der Waals surface area contributed by atoms with E-state index < -0.39 is 10.8 Å². The second-order valence-corrected chi connectivity index (χ2v) is 5.69. The Morgan fingerprint density at radius 1 is 1.47 bits per heavy atom. The number of hydrogen-bond acceptors (Lipinski definition) is 3. The maximum atomic E-state index is 12.2. The van der Waals surface area contributed by atoms with Gasteiger partial charge in [0.15, 0.2) is 0 Å². The molecule has 2 rings (SSSR count). The molecule has 6 heteroatoms. The lowest BCUT2D eigenvalue weighted by Crippen LogP contribution is -2.41. The molecule has 0 aromatic heterocycles. The molecule has 0 aromatic carbocycles. The van der Waals surface area contributed by atoms with Gasteiger partial charge in [-0.05, 0) is 37.6 Å². The van der Waals surface area contributed by atoms with Crippen molar-refractivity contribution in [2.45, 2.75) is 35.6 Å². The van der Waals surface area contributed by atoms with Gasteiger partial charge in [0.1, 0.15) is 0 Å². The Balaban J connectivity index is 1.99. The molecular formula is C9H14F3NOS. The Morgan fingerprint density at radius 3 is 2.73 bits per heavy atom. The Hall–Kier alpha value is 0.0600. The molecule has 2 nitrogen and oxygen atoms in total. The van der Waals surface area contributed by atoms with E-state index in [-0.39, 0.29) is 23.9 Å². The SMILES string of the molecule is OCC12CCCN1CC(SC(F)(F)F)C2. The van der Waals surface area contributed by atoms with Gasteiger partial charge in [-0.15, -0.1) is 0 Å². The van der Waals surface area contributed by atoms with Crippen LogP contribution >= 0.6 is 11.8 Å². The molecule has 2 fully saturated rings. The first-order valence-electron chi connectivity index (χ1n) is 5.06. The number of fused-ring (bicyclic) bond motifs is 1. The standard InChI is InChI=1S/C9H14F3NOS/c10-9(11,12)15-7-4-8(6-14)2-1-3-13(8)5-7/h7,14H,1-6H2. The van der Waals surface area contributed by atoms with Crippen LogP contribution in [0, 0.1) is 0 Å². The van der Waals surface area contributed by atoms with E-state index in [1.807, 2.05) is 4.90 Å². The number of rotatable bonds is 2. The summed E-state index contributed by atoms with van der Waals surface area (Å²) in [6.07, 6.45) is 2.29. The molecule has 15 heavy (non-hydrogen) atoms. The molecule has 2 heterocycles. The van der Waals surface area contributed by atoms with Crippen molar-refractivity contribution in [3.8, 4) is 0 Å². The Morgan fingerprint density at radius 2 is 2.20 bits per heavy atom. The molecule has 2 unspecified atom stereocenters. The predicted molar refractivity (Wildman–Crippen MR) is 52.7 cm³/mol. The molecular weight excluding hydrogens is 227 g/mol. The Bertz CT molecular complexity index is 248. The average Bonchev–Trinajstić information content (AvgIpc) is 2.57. The average molecular weight is 241 g/mol. The van der Waals surface area contributed by atoms with Gasteiger partial charge in [-0.2, -0.15) is 13.2 Å². The van der Waals surface area contributed by atoms with Gasteiger partial charge in [0.2, 0.25) is 0 Å². The second-order valence-electron chi connectivity index (χ2n) is 4.32. The summed E-state index contributed by atoms with van der Waals surface area (Å²) in [6, 6.07) is 0. The van der Waals surface area contributed by atoms with E-state index in [0.717, 1.165) is 19.4 Å². The van der Waals surface area contributed by atoms with Gasteiger partial charge in [-0.25, -0.2) is 0 Å². The summed E-state index contributed by atoms with van der Waals surface area (Å²) in [5.41, 5.74) is -4.50. The fourth-order valence-electron chi connectivity index (χ4n) is 2.76. The number of alkyl halides is 3. The zero-order valence-corrected chi connectivity index (χ0v) is 9.07. The number of aliphatic hydroxyl groups is 1. The molecule has 0 amide bonds. The van der Waals surface area contributed by atoms with Gasteiger partial charge in [0.05, 0.1) is 6.61 Å². The highest BCUT2D eigenvalue weighted by Gasteiger charge is 2.50. The zero-order valence-electron chi connectivity index (χ0n) is 8.26. The van der Waals surface area contributed by atoms with E-state index >= 15 is 0 Å². The molecule has 0 aromatic rings. The number of halogens is 3. The van der Waals surface area contributed by atoms with Crippen molar-refractivity contribution in [3.05, 3.63) is 0 Å². The Kier molecular flexibility index (Phi) is 2.94. The van der Waals surface area contributed by atoms with Crippen LogP contribution in [0.2, 0.25) is 0 Å². The number of hydrogen-bond donors (Lipinski definition) is 1. The zero-order chi connectivity index (χ0) is 11.1. The highest BCUT2D eigenvalue weighted by atomic mass is 32.2. The minimum atomic E-state index is -4.15. The summed E-state index contributed by atoms with van der Waals surface area (Å²) in [4.78, 5) is 2.02. The lowest BCUT2D eigenvalue weighted by molar-refractivity contribution is -0.0333. The van der Waals surface area contributed by atoms with Crippen molar-refractivity contribution >= 4 is 11.8 Å². The largest absolute Gasteiger partial charge is 0.442 e. The van der Waals surface area contributed by atoms with Gasteiger partial charge in [0, 0.05) is 17.3 Å². The molecule has 0 spiro atoms. The van der Waals surface area contributed by atoms with Crippen molar-refractivity contribution in [1.82, 2.24) is 4.90 Å². The Labute approximate surface area is 90.8 Å². The summed E-state index contributed by atoms with van der Waals surface area (Å²) in [5, 5.41) is 8.91. The van der Waals surface area contributed by atoms with E-state index in [2.05, 4.69) is 0 Å². The second kappa shape index (κ2) is 3.82. The smallest absolute Gasteiger partial charge is 0.394 e. The van der Waals surface area contributed by atoms with Gasteiger partial charge >= 0.3 is 5.51 Å². The monoisotopic (exact) mass is 241 g/mol. The topological polar surface area (TPSA) is 23.5 Å². The molecule has 2 aliphatic rings. The molecule has 0 radical (unpaired) electrons. The molecule has 2 aliphatic heterocycles. The quantitative estimate of drug-likeness (QED) is 0.798. The minimum absolute atomic E-state index is 0.0120. The van der Waals surface area contributed by atoms with E-state index in [9.17, 15) is 18.3 Å². The normalized spacial score (nSPS) is 37.2. The van der Waals surface area contributed by atoms with Crippen LogP contribution in [0.3, 0.4) is 0 Å². The van der Waals surface area contributed by atoms with Crippen molar-refractivity contribution in [1.29, 1.82) is 0 Å². The predicted octanol–water partition coefficient (Wildman–Crippen LogP) is 1.84. The maximum absolute atomic E-state index is 12.2. The highest BCUT2D eigenvalue weighted by molar-refractivity contribution is 8.00. The van der Waals surface area contributed by atoms with Crippen LogP contribution in [0.25, 0.3) is 0 Å². The minimum Gasteiger partial charge on any atom is -0.394 e. The van der Waals surface area contributed by atoms with Crippen LogP contribution in [0.1, 0.15) is 19.3 Å². The van der Waals surface area contributed by atoms with Crippen molar-refractivity contribution in [2.24, 2.45) is 0 Å². The fourth-order valence-corrected chi connectivity index (χ4v) is 3.78. The van der Waals surface area contributed by atoms with Gasteiger partial charge in [0.25, 0.3) is 0 Å². The third-order valence-corrected chi connectivity index (χ3v) is 4.28. The number of aliphatic hydroxyl groups excluding tert-OH is 1. The highest BCUT2D eigenvalue weighted by Crippen LogP contribution is 2.46. The van der Waals surface area contributed by atoms with E-state index in [0.29, 0.717) is 13.0 Å². The van der Waals surface area contributed by atoms with Crippen LogP contribution in [0.4, 0.5) is 13.2 Å². The van der Waals surface area contributed by atoms with Crippen molar-refractivity contribution in [2.75, 3.05) is 19.7 Å². The van der Waals surface area contributed by atoms with Gasteiger partial charge < -0.3 is 5.11 Å². The lowest BCUT2D eigenvalue weighted by Gasteiger charge is -2.29. The van der Waals surface area contributed by atoms with E-state index in [1.165, 1.54) is 0 Å². The van der Waals surface area contributed by atoms with Crippen LogP contribution in [0.5, 0.6) is 0 Å². The molecule has 88 valence electrons. The summed E-state index contributed by atoms with van der Waals surface area (Å²) >= 11 is 0.0822. The van der Waals surface area contributed by atoms with Gasteiger partial charge in [-0.1, -0.05) is 0 Å². The fraction of sp³-hybridized carbons (Fsp3) is 1.00. The third-order valence-electron chi connectivity index (χ3n) is 3.37. The number of nitrogens with zero attached hydrogens (tertiary/aromatic N) is 1. The molecule has 1 N–H and O–H groups in total. The first-order valence-corrected chi connectivity index (χ1v) is 5.94. The number of thioether (sulfide) groups is 1. The third kappa shape index (κ3) is 2.26.